The van der Waals surface area contributed by atoms with Crippen molar-refractivity contribution in [2.45, 2.75) is 59.0 Å². The maximum absolute atomic E-state index is 5.75. The van der Waals surface area contributed by atoms with Crippen LogP contribution in [0.5, 0.6) is 0 Å². The Kier molecular flexibility index (Phi) is 3.13. The van der Waals surface area contributed by atoms with E-state index in [-0.39, 0.29) is 0 Å². The Morgan fingerprint density at radius 2 is 2.13 bits per heavy atom. The fourth-order valence-corrected chi connectivity index (χ4v) is 2.05. The van der Waals surface area contributed by atoms with Gasteiger partial charge in [0.1, 0.15) is 6.10 Å². The Morgan fingerprint density at radius 3 is 2.67 bits per heavy atom. The molecule has 0 aromatic heterocycles. The van der Waals surface area contributed by atoms with Gasteiger partial charge in [-0.25, -0.2) is 4.99 Å². The SMILES string of the molecule is CCC(C)C1=C(C)N=C(OC2CC2)CC1. The molecule has 0 spiro atoms. The van der Waals surface area contributed by atoms with Gasteiger partial charge in [0.25, 0.3) is 0 Å². The molecule has 0 N–H and O–H groups in total. The highest BCUT2D eigenvalue weighted by Gasteiger charge is 2.26. The van der Waals surface area contributed by atoms with Gasteiger partial charge in [-0.2, -0.15) is 0 Å². The molecule has 1 unspecified atom stereocenters. The number of ether oxygens (including phenoxy) is 1. The number of rotatable bonds is 3. The molecule has 1 saturated carbocycles. The van der Waals surface area contributed by atoms with Gasteiger partial charge >= 0.3 is 0 Å². The molecule has 0 saturated heterocycles. The molecule has 0 radical (unpaired) electrons. The lowest BCUT2D eigenvalue weighted by Gasteiger charge is -2.21. The Hall–Kier alpha value is -0.790. The molecule has 2 nitrogen and oxygen atoms in total. The number of nitrogens with zero attached hydrogens (tertiary/aromatic N) is 1. The first-order valence-electron chi connectivity index (χ1n) is 6.14. The first-order valence-corrected chi connectivity index (χ1v) is 6.14. The molecule has 2 heteroatoms. The molecule has 1 aliphatic heterocycles. The Bertz CT molecular complexity index is 300. The zero-order valence-electron chi connectivity index (χ0n) is 10.0. The Balaban J connectivity index is 2.04. The minimum absolute atomic E-state index is 0.488. The predicted molar refractivity (Wildman–Crippen MR) is 62.9 cm³/mol. The summed E-state index contributed by atoms with van der Waals surface area (Å²) in [4.78, 5) is 4.59. The van der Waals surface area contributed by atoms with E-state index in [4.69, 9.17) is 4.74 Å². The van der Waals surface area contributed by atoms with Crippen molar-refractivity contribution in [3.63, 3.8) is 0 Å². The summed E-state index contributed by atoms with van der Waals surface area (Å²) < 4.78 is 5.75. The van der Waals surface area contributed by atoms with Crippen LogP contribution in [0.3, 0.4) is 0 Å². The van der Waals surface area contributed by atoms with E-state index in [1.54, 1.807) is 0 Å². The van der Waals surface area contributed by atoms with E-state index in [1.807, 2.05) is 0 Å². The van der Waals surface area contributed by atoms with Crippen molar-refractivity contribution in [3.05, 3.63) is 11.3 Å². The van der Waals surface area contributed by atoms with Gasteiger partial charge in [0.15, 0.2) is 5.90 Å². The normalized spacial score (nSPS) is 23.8. The average Bonchev–Trinajstić information content (AvgIpc) is 3.01. The first-order chi connectivity index (χ1) is 7.20. The summed E-state index contributed by atoms with van der Waals surface area (Å²) in [6.07, 6.45) is 6.29. The van der Waals surface area contributed by atoms with Crippen LogP contribution in [0.4, 0.5) is 0 Å². The molecular weight excluding hydrogens is 186 g/mol. The first kappa shape index (κ1) is 10.7. The summed E-state index contributed by atoms with van der Waals surface area (Å²) in [5.74, 6) is 1.65. The molecule has 2 aliphatic rings. The van der Waals surface area contributed by atoms with Crippen LogP contribution in [0.2, 0.25) is 0 Å². The molecule has 0 aromatic carbocycles. The number of aliphatic imine (C=N–C) groups is 1. The largest absolute Gasteiger partial charge is 0.477 e. The zero-order chi connectivity index (χ0) is 10.8. The fourth-order valence-electron chi connectivity index (χ4n) is 2.05. The van der Waals surface area contributed by atoms with Gasteiger partial charge in [-0.15, -0.1) is 0 Å². The van der Waals surface area contributed by atoms with Gasteiger partial charge in [0, 0.05) is 12.1 Å². The minimum Gasteiger partial charge on any atom is -0.477 e. The highest BCUT2D eigenvalue weighted by molar-refractivity contribution is 5.79. The summed E-state index contributed by atoms with van der Waals surface area (Å²) in [5.41, 5.74) is 2.73. The second kappa shape index (κ2) is 4.38. The van der Waals surface area contributed by atoms with Gasteiger partial charge in [-0.3, -0.25) is 0 Å². The van der Waals surface area contributed by atoms with Gasteiger partial charge in [0.05, 0.1) is 0 Å². The summed E-state index contributed by atoms with van der Waals surface area (Å²) in [6.45, 7) is 6.66. The van der Waals surface area contributed by atoms with E-state index >= 15 is 0 Å². The molecule has 1 fully saturated rings. The molecule has 1 heterocycles. The van der Waals surface area contributed by atoms with Crippen LogP contribution >= 0.6 is 0 Å². The summed E-state index contributed by atoms with van der Waals surface area (Å²) in [7, 11) is 0. The van der Waals surface area contributed by atoms with Crippen molar-refractivity contribution in [1.29, 1.82) is 0 Å². The van der Waals surface area contributed by atoms with Crippen molar-refractivity contribution in [3.8, 4) is 0 Å². The lowest BCUT2D eigenvalue weighted by molar-refractivity contribution is 0.278. The van der Waals surface area contributed by atoms with E-state index in [0.717, 1.165) is 18.7 Å². The molecule has 84 valence electrons. The molecule has 0 amide bonds. The lowest BCUT2D eigenvalue weighted by Crippen LogP contribution is -2.14. The van der Waals surface area contributed by atoms with Gasteiger partial charge in [0.2, 0.25) is 0 Å². The standard InChI is InChI=1S/C13H21NO/c1-4-9(2)12-7-8-13(14-10(12)3)15-11-5-6-11/h9,11H,4-8H2,1-3H3. The second-order valence-corrected chi connectivity index (χ2v) is 4.74. The van der Waals surface area contributed by atoms with E-state index in [2.05, 4.69) is 25.8 Å². The average molecular weight is 207 g/mol. The van der Waals surface area contributed by atoms with Crippen LogP contribution < -0.4 is 0 Å². The molecule has 1 aliphatic carbocycles. The Morgan fingerprint density at radius 1 is 1.40 bits per heavy atom. The molecule has 0 aromatic rings. The van der Waals surface area contributed by atoms with Crippen molar-refractivity contribution >= 4 is 5.90 Å². The third-order valence-corrected chi connectivity index (χ3v) is 3.40. The van der Waals surface area contributed by atoms with Crippen molar-refractivity contribution in [2.75, 3.05) is 0 Å². The maximum atomic E-state index is 5.75. The molecule has 15 heavy (non-hydrogen) atoms. The summed E-state index contributed by atoms with van der Waals surface area (Å²) >= 11 is 0. The zero-order valence-corrected chi connectivity index (χ0v) is 10.0. The van der Waals surface area contributed by atoms with Crippen LogP contribution in [0.15, 0.2) is 16.3 Å². The van der Waals surface area contributed by atoms with E-state index in [1.165, 1.54) is 30.5 Å². The van der Waals surface area contributed by atoms with Gasteiger partial charge in [-0.1, -0.05) is 13.8 Å². The lowest BCUT2D eigenvalue weighted by atomic mass is 9.91. The number of allylic oxidation sites excluding steroid dienone is 2. The van der Waals surface area contributed by atoms with E-state index in [9.17, 15) is 0 Å². The van der Waals surface area contributed by atoms with Crippen molar-refractivity contribution in [2.24, 2.45) is 10.9 Å². The van der Waals surface area contributed by atoms with Crippen molar-refractivity contribution < 1.29 is 4.74 Å². The smallest absolute Gasteiger partial charge is 0.188 e. The second-order valence-electron chi connectivity index (χ2n) is 4.74. The van der Waals surface area contributed by atoms with E-state index < -0.39 is 0 Å². The highest BCUT2D eigenvalue weighted by atomic mass is 16.5. The molecule has 2 rings (SSSR count). The van der Waals surface area contributed by atoms with Crippen LogP contribution in [-0.2, 0) is 4.74 Å². The third-order valence-electron chi connectivity index (χ3n) is 3.40. The maximum Gasteiger partial charge on any atom is 0.188 e. The quantitative estimate of drug-likeness (QED) is 0.691. The number of hydrogen-bond acceptors (Lipinski definition) is 2. The predicted octanol–water partition coefficient (Wildman–Crippen LogP) is 3.68. The molecule has 0 bridgehead atoms. The minimum atomic E-state index is 0.488. The van der Waals surface area contributed by atoms with Crippen LogP contribution in [-0.4, -0.2) is 12.0 Å². The fraction of sp³-hybridized carbons (Fsp3) is 0.769. The van der Waals surface area contributed by atoms with Crippen LogP contribution in [0, 0.1) is 5.92 Å². The number of hydrogen-bond donors (Lipinski definition) is 0. The van der Waals surface area contributed by atoms with Crippen LogP contribution in [0.1, 0.15) is 52.9 Å². The van der Waals surface area contributed by atoms with Crippen LogP contribution in [0.25, 0.3) is 0 Å². The van der Waals surface area contributed by atoms with Gasteiger partial charge < -0.3 is 4.74 Å². The van der Waals surface area contributed by atoms with Gasteiger partial charge in [-0.05, 0) is 44.1 Å². The highest BCUT2D eigenvalue weighted by Crippen LogP contribution is 2.31. The molecular formula is C13H21NO. The third kappa shape index (κ3) is 2.61. The monoisotopic (exact) mass is 207 g/mol. The molecule has 1 atom stereocenters. The van der Waals surface area contributed by atoms with Crippen molar-refractivity contribution in [1.82, 2.24) is 0 Å². The topological polar surface area (TPSA) is 21.6 Å². The summed E-state index contributed by atoms with van der Waals surface area (Å²) in [6, 6.07) is 0. The van der Waals surface area contributed by atoms with E-state index in [0.29, 0.717) is 12.0 Å². The Labute approximate surface area is 92.4 Å². The summed E-state index contributed by atoms with van der Waals surface area (Å²) in [5, 5.41) is 0.